The van der Waals surface area contributed by atoms with Gasteiger partial charge in [-0.05, 0) is 29.3 Å². The quantitative estimate of drug-likeness (QED) is 0.216. The van der Waals surface area contributed by atoms with Crippen LogP contribution in [0.3, 0.4) is 0 Å². The first kappa shape index (κ1) is 25.0. The number of carbonyl (C=O) groups excluding carboxylic acids is 1. The minimum atomic E-state index is -4.26. The predicted molar refractivity (Wildman–Crippen MR) is 137 cm³/mol. The first-order valence-corrected chi connectivity index (χ1v) is 14.7. The van der Waals surface area contributed by atoms with E-state index >= 15 is 0 Å². The number of nitrogens with two attached hydrogens (primary N) is 2. The highest BCUT2D eigenvalue weighted by molar-refractivity contribution is 7.89. The van der Waals surface area contributed by atoms with E-state index in [1.165, 1.54) is 18.3 Å². The van der Waals surface area contributed by atoms with Crippen LogP contribution in [0.1, 0.15) is 40.1 Å². The maximum absolute atomic E-state index is 14.0. The average molecular weight is 542 g/mol. The Kier molecular flexibility index (Phi) is 5.71. The number of carbonyl (C=O) groups is 1. The summed E-state index contributed by atoms with van der Waals surface area (Å²) in [6.45, 7) is -0.229. The van der Waals surface area contributed by atoms with E-state index in [0.717, 1.165) is 6.26 Å². The second-order valence-corrected chi connectivity index (χ2v) is 12.9. The highest BCUT2D eigenvalue weighted by atomic mass is 32.2. The van der Waals surface area contributed by atoms with Crippen LogP contribution >= 0.6 is 0 Å². The molecule has 1 unspecified atom stereocenters. The molecule has 1 aliphatic heterocycles. The lowest BCUT2D eigenvalue weighted by molar-refractivity contribution is -0.740. The molecule has 13 heteroatoms. The molecule has 5 rings (SSSR count). The highest BCUT2D eigenvalue weighted by Gasteiger charge is 2.68. The van der Waals surface area contributed by atoms with E-state index < -0.39 is 47.8 Å². The molecule has 1 aromatic heterocycles. The normalized spacial score (nSPS) is 24.4. The van der Waals surface area contributed by atoms with Crippen molar-refractivity contribution in [2.75, 3.05) is 18.1 Å². The zero-order valence-electron chi connectivity index (χ0n) is 19.7. The Bertz CT molecular complexity index is 1660. The Morgan fingerprint density at radius 2 is 1.76 bits per heavy atom. The molecular formula is C24H25N6O5S2+. The number of likely N-dealkylation sites (tertiary alicyclic amines) is 1. The lowest BCUT2D eigenvalue weighted by Crippen LogP contribution is -2.58. The van der Waals surface area contributed by atoms with E-state index in [0.29, 0.717) is 16.7 Å². The lowest BCUT2D eigenvalue weighted by atomic mass is 9.73. The molecule has 0 spiro atoms. The summed E-state index contributed by atoms with van der Waals surface area (Å²) in [6.07, 6.45) is 2.43. The SMILES string of the molecule is CS(=O)(=O)[N@+]1(C(=O)Nc2ccccn2)C[C@H]2c3cccc(c3S(N)(=O)=O)C1[C@H]2c1cccc(C(=N)N)c1. The van der Waals surface area contributed by atoms with Crippen LogP contribution in [-0.2, 0) is 20.0 Å². The number of pyridine rings is 1. The van der Waals surface area contributed by atoms with Gasteiger partial charge in [0.05, 0.1) is 17.1 Å². The molecule has 4 bridgehead atoms. The number of urea groups is 1. The van der Waals surface area contributed by atoms with Gasteiger partial charge in [-0.2, -0.15) is 8.42 Å². The van der Waals surface area contributed by atoms with Crippen molar-refractivity contribution < 1.29 is 25.5 Å². The number of amidine groups is 1. The summed E-state index contributed by atoms with van der Waals surface area (Å²) < 4.78 is 51.7. The van der Waals surface area contributed by atoms with E-state index in [9.17, 15) is 21.6 Å². The molecule has 6 N–H and O–H groups in total. The third-order valence-electron chi connectivity index (χ3n) is 7.19. The number of hydrogen-bond donors (Lipinski definition) is 4. The summed E-state index contributed by atoms with van der Waals surface area (Å²) in [4.78, 5) is 17.9. The van der Waals surface area contributed by atoms with Crippen LogP contribution in [0.4, 0.5) is 10.6 Å². The second-order valence-electron chi connectivity index (χ2n) is 9.28. The van der Waals surface area contributed by atoms with E-state index in [4.69, 9.17) is 16.3 Å². The van der Waals surface area contributed by atoms with Crippen LogP contribution in [0.2, 0.25) is 0 Å². The number of fused-ring (bicyclic) bond motifs is 6. The first-order valence-electron chi connectivity index (χ1n) is 11.3. The van der Waals surface area contributed by atoms with Gasteiger partial charge in [-0.25, -0.2) is 23.3 Å². The van der Waals surface area contributed by atoms with Crippen molar-refractivity contribution >= 4 is 37.7 Å². The maximum atomic E-state index is 14.0. The fourth-order valence-electron chi connectivity index (χ4n) is 5.81. The fraction of sp³-hybridized carbons (Fsp3) is 0.208. The lowest BCUT2D eigenvalue weighted by Gasteiger charge is -2.37. The van der Waals surface area contributed by atoms with Crippen LogP contribution in [0, 0.1) is 5.41 Å². The number of nitrogens with one attached hydrogen (secondary N) is 2. The van der Waals surface area contributed by atoms with Gasteiger partial charge in [-0.3, -0.25) is 10.7 Å². The molecule has 1 aliphatic carbocycles. The minimum absolute atomic E-state index is 0.147. The van der Waals surface area contributed by atoms with E-state index in [2.05, 4.69) is 10.3 Å². The number of aromatic nitrogens is 1. The molecule has 2 heterocycles. The number of benzene rings is 2. The number of amides is 2. The largest absolute Gasteiger partial charge is 0.438 e. The number of rotatable bonds is 5. The third-order valence-corrected chi connectivity index (χ3v) is 9.95. The van der Waals surface area contributed by atoms with Crippen molar-refractivity contribution in [1.82, 2.24) is 4.98 Å². The summed E-state index contributed by atoms with van der Waals surface area (Å²) in [5, 5.41) is 16.1. The monoisotopic (exact) mass is 541 g/mol. The topological polar surface area (TPSA) is 186 Å². The summed E-state index contributed by atoms with van der Waals surface area (Å²) in [5.41, 5.74) is 7.26. The molecule has 192 valence electrons. The van der Waals surface area contributed by atoms with E-state index in [-0.39, 0.29) is 28.7 Å². The smallest absolute Gasteiger partial charge is 0.384 e. The third kappa shape index (κ3) is 3.82. The summed E-state index contributed by atoms with van der Waals surface area (Å²) >= 11 is 0. The molecule has 2 aliphatic rings. The number of quaternary nitrogens is 1. The van der Waals surface area contributed by atoms with Gasteiger partial charge in [0.15, 0.2) is 0 Å². The zero-order valence-corrected chi connectivity index (χ0v) is 21.3. The molecule has 2 amide bonds. The van der Waals surface area contributed by atoms with Crippen molar-refractivity contribution in [1.29, 1.82) is 5.41 Å². The fourth-order valence-corrected chi connectivity index (χ4v) is 8.31. The summed E-state index contributed by atoms with van der Waals surface area (Å²) in [5.74, 6) is -1.34. The maximum Gasteiger partial charge on any atom is 0.438 e. The van der Waals surface area contributed by atoms with Crippen LogP contribution in [0.15, 0.2) is 71.8 Å². The van der Waals surface area contributed by atoms with Gasteiger partial charge in [0.2, 0.25) is 10.0 Å². The van der Waals surface area contributed by atoms with Gasteiger partial charge in [0.1, 0.15) is 24.2 Å². The Morgan fingerprint density at radius 1 is 1.05 bits per heavy atom. The highest BCUT2D eigenvalue weighted by Crippen LogP contribution is 2.62. The van der Waals surface area contributed by atoms with Gasteiger partial charge in [0.25, 0.3) is 0 Å². The number of hydrogen-bond acceptors (Lipinski definition) is 7. The Balaban J connectivity index is 1.80. The van der Waals surface area contributed by atoms with Gasteiger partial charge >= 0.3 is 16.1 Å². The first-order chi connectivity index (χ1) is 17.4. The molecule has 37 heavy (non-hydrogen) atoms. The molecule has 3 aromatic rings. The number of primary sulfonamides is 1. The van der Waals surface area contributed by atoms with E-state index in [1.807, 2.05) is 0 Å². The molecular weight excluding hydrogens is 516 g/mol. The summed E-state index contributed by atoms with van der Waals surface area (Å²) in [6, 6.07) is 14.4. The van der Waals surface area contributed by atoms with Crippen molar-refractivity contribution in [3.8, 4) is 0 Å². The van der Waals surface area contributed by atoms with Crippen LogP contribution in [-0.4, -0.2) is 50.4 Å². The molecule has 11 nitrogen and oxygen atoms in total. The Morgan fingerprint density at radius 3 is 2.38 bits per heavy atom. The molecule has 1 saturated heterocycles. The number of anilines is 1. The Labute approximate surface area is 214 Å². The Hall–Kier alpha value is -3.65. The predicted octanol–water partition coefficient (Wildman–Crippen LogP) is 1.96. The zero-order chi connectivity index (χ0) is 26.8. The number of sulfonamides is 2. The summed E-state index contributed by atoms with van der Waals surface area (Å²) in [7, 11) is -8.47. The molecule has 1 fully saturated rings. The minimum Gasteiger partial charge on any atom is -0.384 e. The van der Waals surface area contributed by atoms with Gasteiger partial charge in [0, 0.05) is 23.2 Å². The van der Waals surface area contributed by atoms with Crippen LogP contribution in [0.5, 0.6) is 0 Å². The van der Waals surface area contributed by atoms with Crippen LogP contribution < -0.4 is 16.2 Å². The van der Waals surface area contributed by atoms with Crippen LogP contribution in [0.25, 0.3) is 0 Å². The standard InChI is InChI=1S/C24H24N6O5S2/c1-36(32,33)30(24(31)29-19-10-2-3-11-28-19)13-18-16-8-5-9-17(22(16)37(27,34)35)21(30)20(18)14-6-4-7-15(12-14)23(25)26/h2-12,18,20-21H,13H2,1H3,(H5-,25,26,27,28,29,31,34,35)/p+1/t18-,20-,21?,30+/m0/s1. The van der Waals surface area contributed by atoms with Gasteiger partial charge in [-0.1, -0.05) is 42.5 Å². The second kappa shape index (κ2) is 8.45. The van der Waals surface area contributed by atoms with Gasteiger partial charge < -0.3 is 5.73 Å². The van der Waals surface area contributed by atoms with Crippen molar-refractivity contribution in [2.24, 2.45) is 10.9 Å². The molecule has 0 radical (unpaired) electrons. The van der Waals surface area contributed by atoms with Gasteiger partial charge in [-0.15, -0.1) is 3.89 Å². The van der Waals surface area contributed by atoms with E-state index in [1.54, 1.807) is 48.5 Å². The number of nitrogen functional groups attached to an aromatic ring is 1. The van der Waals surface area contributed by atoms with Crippen molar-refractivity contribution in [3.05, 3.63) is 89.1 Å². The molecule has 2 aromatic carbocycles. The van der Waals surface area contributed by atoms with Crippen molar-refractivity contribution in [2.45, 2.75) is 22.8 Å². The molecule has 0 saturated carbocycles. The molecule has 4 atom stereocenters. The number of nitrogens with zero attached hydrogens (tertiary/aromatic N) is 2. The average Bonchev–Trinajstić information content (AvgIpc) is 3.17. The van der Waals surface area contributed by atoms with Crippen molar-refractivity contribution in [3.63, 3.8) is 0 Å².